The molecule has 0 aromatic heterocycles. The molecular formula is C42H72O13. The Kier molecular flexibility index (Phi) is 12.2. The van der Waals surface area contributed by atoms with Crippen LogP contribution in [0.4, 0.5) is 0 Å². The zero-order valence-electron chi connectivity index (χ0n) is 34.4. The number of fused-ring (bicyclic) bond motifs is 5. The van der Waals surface area contributed by atoms with Crippen LogP contribution >= 0.6 is 0 Å². The summed E-state index contributed by atoms with van der Waals surface area (Å²) in [5.74, 6) is -0.526. The summed E-state index contributed by atoms with van der Waals surface area (Å²) in [4.78, 5) is 0. The van der Waals surface area contributed by atoms with Gasteiger partial charge in [0.2, 0.25) is 0 Å². The van der Waals surface area contributed by atoms with Gasteiger partial charge in [0.1, 0.15) is 42.7 Å². The van der Waals surface area contributed by atoms with Gasteiger partial charge in [-0.3, -0.25) is 0 Å². The van der Waals surface area contributed by atoms with E-state index < -0.39 is 114 Å². The number of rotatable bonds is 9. The van der Waals surface area contributed by atoms with Gasteiger partial charge in [-0.25, -0.2) is 0 Å². The lowest BCUT2D eigenvalue weighted by Crippen LogP contribution is -2.71. The molecule has 4 saturated carbocycles. The molecule has 2 saturated heterocycles. The van der Waals surface area contributed by atoms with Crippen LogP contribution in [0, 0.1) is 45.3 Å². The second-order valence-corrected chi connectivity index (χ2v) is 20.3. The Labute approximate surface area is 327 Å². The summed E-state index contributed by atoms with van der Waals surface area (Å²) in [6, 6.07) is 0. The standard InChI is InChI=1S/C42H72O13/c1-20(2)11-10-14-42(9,51)22-12-16-40(7)28(22)23(44)17-26-39(6)15-13-27(45)38(4,5)35(39)24(18-41(26,40)8)53-37-34(32(49)30(47)25(19-43)54-37)55-36-33(50)31(48)29(46)21(3)52-36/h11,21-37,43-51H,10,12-19H2,1-9H3/t21-,22+,23-,24+,25+,26-,27+,28+,29+,30+,31-,32-,33+,34+,35-,36+,37+,39-,40+,41-,42-/m1/s1. The maximum atomic E-state index is 12.3. The minimum absolute atomic E-state index is 0.0411. The average molecular weight is 785 g/mol. The van der Waals surface area contributed by atoms with Crippen molar-refractivity contribution in [1.29, 1.82) is 0 Å². The summed E-state index contributed by atoms with van der Waals surface area (Å²) in [5.41, 5.74) is -1.71. The molecule has 0 aromatic rings. The first-order valence-corrected chi connectivity index (χ1v) is 20.8. The van der Waals surface area contributed by atoms with E-state index in [9.17, 15) is 46.0 Å². The molecule has 6 rings (SSSR count). The number of hydrogen-bond acceptors (Lipinski definition) is 13. The molecule has 21 atom stereocenters. The fourth-order valence-corrected chi connectivity index (χ4v) is 13.3. The molecule has 4 aliphatic carbocycles. The molecule has 6 aliphatic rings. The predicted octanol–water partition coefficient (Wildman–Crippen LogP) is 2.15. The molecule has 0 amide bonds. The highest BCUT2D eigenvalue weighted by atomic mass is 16.8. The highest BCUT2D eigenvalue weighted by molar-refractivity contribution is 5.22. The van der Waals surface area contributed by atoms with E-state index in [2.05, 4.69) is 40.7 Å². The first-order chi connectivity index (χ1) is 25.5. The summed E-state index contributed by atoms with van der Waals surface area (Å²) in [6.45, 7) is 17.8. The fourth-order valence-electron chi connectivity index (χ4n) is 13.3. The zero-order valence-corrected chi connectivity index (χ0v) is 34.4. The van der Waals surface area contributed by atoms with E-state index in [4.69, 9.17) is 18.9 Å². The molecular weight excluding hydrogens is 712 g/mol. The van der Waals surface area contributed by atoms with Crippen molar-refractivity contribution in [1.82, 2.24) is 0 Å². The van der Waals surface area contributed by atoms with E-state index >= 15 is 0 Å². The van der Waals surface area contributed by atoms with Crippen LogP contribution in [0.15, 0.2) is 11.6 Å². The Bertz CT molecular complexity index is 1390. The summed E-state index contributed by atoms with van der Waals surface area (Å²) in [6.07, 6.45) is -8.99. The van der Waals surface area contributed by atoms with Gasteiger partial charge in [0.05, 0.1) is 36.6 Å². The third-order valence-electron chi connectivity index (χ3n) is 16.5. The van der Waals surface area contributed by atoms with E-state index in [0.717, 1.165) is 19.3 Å². The molecule has 2 aliphatic heterocycles. The molecule has 55 heavy (non-hydrogen) atoms. The number of aliphatic hydroxyl groups is 9. The summed E-state index contributed by atoms with van der Waals surface area (Å²) < 4.78 is 25.1. The van der Waals surface area contributed by atoms with Crippen molar-refractivity contribution in [3.8, 4) is 0 Å². The van der Waals surface area contributed by atoms with Gasteiger partial charge in [-0.1, -0.05) is 46.3 Å². The van der Waals surface area contributed by atoms with Crippen LogP contribution in [-0.4, -0.2) is 138 Å². The number of allylic oxidation sites excluding steroid dienone is 2. The smallest absolute Gasteiger partial charge is 0.187 e. The van der Waals surface area contributed by atoms with Crippen LogP contribution in [0.25, 0.3) is 0 Å². The van der Waals surface area contributed by atoms with E-state index in [0.29, 0.717) is 32.1 Å². The molecule has 2 heterocycles. The first kappa shape index (κ1) is 43.8. The van der Waals surface area contributed by atoms with E-state index in [-0.39, 0.29) is 23.7 Å². The number of hydrogen-bond donors (Lipinski definition) is 9. The van der Waals surface area contributed by atoms with Crippen molar-refractivity contribution in [3.05, 3.63) is 11.6 Å². The Hall–Kier alpha value is -0.780. The molecule has 9 N–H and O–H groups in total. The van der Waals surface area contributed by atoms with Crippen molar-refractivity contribution in [2.75, 3.05) is 6.61 Å². The second kappa shape index (κ2) is 15.4. The lowest BCUT2D eigenvalue weighted by atomic mass is 9.34. The maximum Gasteiger partial charge on any atom is 0.187 e. The zero-order chi connectivity index (χ0) is 40.8. The number of aliphatic hydroxyl groups excluding tert-OH is 8. The van der Waals surface area contributed by atoms with Gasteiger partial charge in [-0.15, -0.1) is 0 Å². The van der Waals surface area contributed by atoms with Crippen LogP contribution in [-0.2, 0) is 18.9 Å². The van der Waals surface area contributed by atoms with Crippen LogP contribution in [0.3, 0.4) is 0 Å². The van der Waals surface area contributed by atoms with E-state index in [1.807, 2.05) is 20.8 Å². The Balaban J connectivity index is 1.38. The fraction of sp³-hybridized carbons (Fsp3) is 0.952. The molecule has 13 heteroatoms. The monoisotopic (exact) mass is 784 g/mol. The Morgan fingerprint density at radius 3 is 2.13 bits per heavy atom. The predicted molar refractivity (Wildman–Crippen MR) is 201 cm³/mol. The Morgan fingerprint density at radius 2 is 1.49 bits per heavy atom. The van der Waals surface area contributed by atoms with Crippen molar-refractivity contribution < 1.29 is 64.9 Å². The minimum Gasteiger partial charge on any atom is -0.394 e. The van der Waals surface area contributed by atoms with Crippen LogP contribution < -0.4 is 0 Å². The van der Waals surface area contributed by atoms with Gasteiger partial charge >= 0.3 is 0 Å². The molecule has 13 nitrogen and oxygen atoms in total. The van der Waals surface area contributed by atoms with Crippen molar-refractivity contribution in [2.45, 2.75) is 199 Å². The van der Waals surface area contributed by atoms with Crippen molar-refractivity contribution >= 4 is 0 Å². The third-order valence-corrected chi connectivity index (χ3v) is 16.5. The molecule has 0 spiro atoms. The topological polar surface area (TPSA) is 219 Å². The normalized spacial score (nSPS) is 53.4. The third kappa shape index (κ3) is 7.10. The van der Waals surface area contributed by atoms with E-state index in [1.54, 1.807) is 0 Å². The maximum absolute atomic E-state index is 12.3. The van der Waals surface area contributed by atoms with Crippen molar-refractivity contribution in [3.63, 3.8) is 0 Å². The van der Waals surface area contributed by atoms with Gasteiger partial charge in [-0.05, 0) is 124 Å². The molecule has 318 valence electrons. The molecule has 0 aromatic carbocycles. The van der Waals surface area contributed by atoms with E-state index in [1.165, 1.54) is 12.5 Å². The minimum atomic E-state index is -1.70. The van der Waals surface area contributed by atoms with Gasteiger partial charge < -0.3 is 64.9 Å². The van der Waals surface area contributed by atoms with Crippen molar-refractivity contribution in [2.24, 2.45) is 45.3 Å². The van der Waals surface area contributed by atoms with Crippen LogP contribution in [0.5, 0.6) is 0 Å². The van der Waals surface area contributed by atoms with Crippen LogP contribution in [0.1, 0.15) is 114 Å². The summed E-state index contributed by atoms with van der Waals surface area (Å²) in [7, 11) is 0. The van der Waals surface area contributed by atoms with Crippen LogP contribution in [0.2, 0.25) is 0 Å². The average Bonchev–Trinajstić information content (AvgIpc) is 3.49. The molecule has 0 bridgehead atoms. The highest BCUT2D eigenvalue weighted by Crippen LogP contribution is 2.76. The second-order valence-electron chi connectivity index (χ2n) is 20.3. The largest absolute Gasteiger partial charge is 0.394 e. The Morgan fingerprint density at radius 1 is 0.818 bits per heavy atom. The molecule has 0 unspecified atom stereocenters. The summed E-state index contributed by atoms with van der Waals surface area (Å²) >= 11 is 0. The number of ether oxygens (including phenoxy) is 4. The molecule has 6 fully saturated rings. The van der Waals surface area contributed by atoms with Gasteiger partial charge in [-0.2, -0.15) is 0 Å². The highest BCUT2D eigenvalue weighted by Gasteiger charge is 2.73. The SMILES string of the molecule is CC(C)=CCC[C@@](C)(O)[C@H]1CC[C@@]2(C)[C@@H]1[C@H](O)C[C@@H]1[C@@]3(C)CC[C@H](O)C(C)(C)[C@H]3[C@@H](O[C@H]3O[C@@H](CO)[C@H](O)[C@@H](O)[C@@H]3O[C@@H]3O[C@H](C)[C@H](O)[C@@H](O)[C@@H]3O)C[C@]12C. The molecule has 0 radical (unpaired) electrons. The summed E-state index contributed by atoms with van der Waals surface area (Å²) in [5, 5.41) is 100. The van der Waals surface area contributed by atoms with Gasteiger partial charge in [0.15, 0.2) is 12.6 Å². The van der Waals surface area contributed by atoms with Gasteiger partial charge in [0, 0.05) is 0 Å². The first-order valence-electron chi connectivity index (χ1n) is 20.8. The quantitative estimate of drug-likeness (QED) is 0.121. The van der Waals surface area contributed by atoms with Gasteiger partial charge in [0.25, 0.3) is 0 Å². The lowest BCUT2D eigenvalue weighted by molar-refractivity contribution is -0.382. The lowest BCUT2D eigenvalue weighted by Gasteiger charge is -2.72.